The molecule has 5 heteroatoms. The van der Waals surface area contributed by atoms with Gasteiger partial charge in [0.1, 0.15) is 5.75 Å². The second-order valence-electron chi connectivity index (χ2n) is 4.04. The number of guanidine groups is 1. The number of carbonyl (C=O) groups excluding carboxylic acids is 1. The first-order valence-electron chi connectivity index (χ1n) is 5.62. The van der Waals surface area contributed by atoms with E-state index < -0.39 is 0 Å². The molecule has 5 nitrogen and oxygen atoms in total. The van der Waals surface area contributed by atoms with Crippen molar-refractivity contribution in [3.05, 3.63) is 34.9 Å². The van der Waals surface area contributed by atoms with Gasteiger partial charge < -0.3 is 16.2 Å². The average molecular weight is 245 g/mol. The van der Waals surface area contributed by atoms with Gasteiger partial charge in [-0.1, -0.05) is 12.1 Å². The van der Waals surface area contributed by atoms with Crippen molar-refractivity contribution in [3.8, 4) is 5.75 Å². The van der Waals surface area contributed by atoms with Gasteiger partial charge in [-0.15, -0.1) is 0 Å². The van der Waals surface area contributed by atoms with Crippen LogP contribution < -0.4 is 16.2 Å². The van der Waals surface area contributed by atoms with Crippen LogP contribution in [-0.4, -0.2) is 19.0 Å². The number of benzene rings is 1. The van der Waals surface area contributed by atoms with Gasteiger partial charge in [0.15, 0.2) is 5.96 Å². The Morgan fingerprint density at radius 1 is 1.33 bits per heavy atom. The van der Waals surface area contributed by atoms with E-state index in [9.17, 15) is 4.79 Å². The highest BCUT2D eigenvalue weighted by atomic mass is 16.5. The molecular formula is C13H15N3O2. The van der Waals surface area contributed by atoms with Gasteiger partial charge in [-0.05, 0) is 30.5 Å². The Morgan fingerprint density at radius 3 is 2.78 bits per heavy atom. The number of ether oxygens (including phenoxy) is 1. The number of hydrogen-bond acceptors (Lipinski definition) is 2. The molecule has 0 bridgehead atoms. The molecule has 0 heterocycles. The molecule has 0 aliphatic heterocycles. The number of rotatable bonds is 2. The molecule has 0 spiro atoms. The molecular weight excluding hydrogens is 230 g/mol. The number of aliphatic imine (C=N–C) groups is 1. The summed E-state index contributed by atoms with van der Waals surface area (Å²) in [4.78, 5) is 15.3. The molecule has 1 aromatic carbocycles. The first-order chi connectivity index (χ1) is 8.61. The highest BCUT2D eigenvalue weighted by molar-refractivity contribution is 6.04. The third kappa shape index (κ3) is 2.34. The fourth-order valence-corrected chi connectivity index (χ4v) is 2.05. The summed E-state index contributed by atoms with van der Waals surface area (Å²) in [5.41, 5.74) is 13.1. The average Bonchev–Trinajstić information content (AvgIpc) is 2.36. The predicted octanol–water partition coefficient (Wildman–Crippen LogP) is 0.825. The summed E-state index contributed by atoms with van der Waals surface area (Å²) >= 11 is 0. The first-order valence-corrected chi connectivity index (χ1v) is 5.62. The van der Waals surface area contributed by atoms with E-state index in [2.05, 4.69) is 4.99 Å². The van der Waals surface area contributed by atoms with E-state index in [0.29, 0.717) is 12.0 Å². The molecule has 0 saturated heterocycles. The van der Waals surface area contributed by atoms with E-state index >= 15 is 0 Å². The summed E-state index contributed by atoms with van der Waals surface area (Å²) < 4.78 is 5.29. The van der Waals surface area contributed by atoms with Gasteiger partial charge in [-0.25, -0.2) is 0 Å². The highest BCUT2D eigenvalue weighted by Gasteiger charge is 2.18. The van der Waals surface area contributed by atoms with Crippen LogP contribution in [0.2, 0.25) is 0 Å². The van der Waals surface area contributed by atoms with Crippen LogP contribution >= 0.6 is 0 Å². The second kappa shape index (κ2) is 4.91. The Kier molecular flexibility index (Phi) is 3.32. The standard InChI is InChI=1S/C13H15N3O2/c1-18-11-4-2-3-8-7-9(5-6-10(8)11)12(17)16-13(14)15/h2-4,7H,5-6H2,1H3,(H4,14,15,16,17). The van der Waals surface area contributed by atoms with E-state index in [0.717, 1.165) is 23.3 Å². The molecule has 0 saturated carbocycles. The van der Waals surface area contributed by atoms with Gasteiger partial charge in [0, 0.05) is 11.1 Å². The van der Waals surface area contributed by atoms with Crippen molar-refractivity contribution in [1.82, 2.24) is 0 Å². The van der Waals surface area contributed by atoms with Crippen LogP contribution in [-0.2, 0) is 11.2 Å². The van der Waals surface area contributed by atoms with Crippen molar-refractivity contribution in [2.45, 2.75) is 12.8 Å². The number of amides is 1. The zero-order chi connectivity index (χ0) is 13.1. The van der Waals surface area contributed by atoms with E-state index in [4.69, 9.17) is 16.2 Å². The molecule has 0 fully saturated rings. The number of nitrogens with zero attached hydrogens (tertiary/aromatic N) is 1. The zero-order valence-electron chi connectivity index (χ0n) is 10.1. The van der Waals surface area contributed by atoms with E-state index in [1.54, 1.807) is 7.11 Å². The summed E-state index contributed by atoms with van der Waals surface area (Å²) in [6.45, 7) is 0. The summed E-state index contributed by atoms with van der Waals surface area (Å²) in [6.07, 6.45) is 3.18. The monoisotopic (exact) mass is 245 g/mol. The van der Waals surface area contributed by atoms with Crippen molar-refractivity contribution in [2.75, 3.05) is 7.11 Å². The summed E-state index contributed by atoms with van der Waals surface area (Å²) in [7, 11) is 1.64. The van der Waals surface area contributed by atoms with Crippen LogP contribution in [0, 0.1) is 0 Å². The van der Waals surface area contributed by atoms with Gasteiger partial charge in [0.2, 0.25) is 0 Å². The topological polar surface area (TPSA) is 90.7 Å². The van der Waals surface area contributed by atoms with Crippen LogP contribution in [0.1, 0.15) is 17.5 Å². The SMILES string of the molecule is COc1cccc2c1CCC(C(=O)N=C(N)N)=C2. The Balaban J connectivity index is 2.36. The second-order valence-corrected chi connectivity index (χ2v) is 4.04. The zero-order valence-corrected chi connectivity index (χ0v) is 10.1. The Bertz CT molecular complexity index is 543. The van der Waals surface area contributed by atoms with Crippen LogP contribution in [0.25, 0.3) is 6.08 Å². The van der Waals surface area contributed by atoms with Crippen molar-refractivity contribution in [3.63, 3.8) is 0 Å². The van der Waals surface area contributed by atoms with Crippen LogP contribution in [0.3, 0.4) is 0 Å². The van der Waals surface area contributed by atoms with Crippen LogP contribution in [0.15, 0.2) is 28.8 Å². The minimum atomic E-state index is -0.372. The van der Waals surface area contributed by atoms with Crippen molar-refractivity contribution < 1.29 is 9.53 Å². The van der Waals surface area contributed by atoms with Gasteiger partial charge in [-0.3, -0.25) is 4.79 Å². The molecule has 1 aliphatic rings. The molecule has 4 N–H and O–H groups in total. The number of fused-ring (bicyclic) bond motifs is 1. The van der Waals surface area contributed by atoms with Gasteiger partial charge in [0.05, 0.1) is 7.11 Å². The largest absolute Gasteiger partial charge is 0.496 e. The molecule has 1 amide bonds. The lowest BCUT2D eigenvalue weighted by Crippen LogP contribution is -2.24. The molecule has 0 unspecified atom stereocenters. The van der Waals surface area contributed by atoms with E-state index in [-0.39, 0.29) is 11.9 Å². The number of methoxy groups -OCH3 is 1. The maximum Gasteiger partial charge on any atom is 0.276 e. The van der Waals surface area contributed by atoms with E-state index in [1.165, 1.54) is 0 Å². The van der Waals surface area contributed by atoms with Crippen molar-refractivity contribution in [1.29, 1.82) is 0 Å². The fourth-order valence-electron chi connectivity index (χ4n) is 2.05. The Morgan fingerprint density at radius 2 is 2.11 bits per heavy atom. The predicted molar refractivity (Wildman–Crippen MR) is 70.1 cm³/mol. The lowest BCUT2D eigenvalue weighted by Gasteiger charge is -2.17. The molecule has 1 aliphatic carbocycles. The first kappa shape index (κ1) is 12.2. The lowest BCUT2D eigenvalue weighted by molar-refractivity contribution is -0.114. The van der Waals surface area contributed by atoms with Crippen molar-refractivity contribution >= 4 is 17.9 Å². The summed E-state index contributed by atoms with van der Waals surface area (Å²) in [5, 5.41) is 0. The molecule has 1 aromatic rings. The smallest absolute Gasteiger partial charge is 0.276 e. The minimum absolute atomic E-state index is 0.211. The van der Waals surface area contributed by atoms with Gasteiger partial charge in [0.25, 0.3) is 5.91 Å². The van der Waals surface area contributed by atoms with Gasteiger partial charge in [-0.2, -0.15) is 4.99 Å². The molecule has 0 radical (unpaired) electrons. The molecule has 2 rings (SSSR count). The normalized spacial score (nSPS) is 13.3. The third-order valence-electron chi connectivity index (χ3n) is 2.87. The highest BCUT2D eigenvalue weighted by Crippen LogP contribution is 2.31. The Hall–Kier alpha value is -2.30. The van der Waals surface area contributed by atoms with Gasteiger partial charge >= 0.3 is 0 Å². The van der Waals surface area contributed by atoms with Crippen LogP contribution in [0.5, 0.6) is 5.75 Å². The summed E-state index contributed by atoms with van der Waals surface area (Å²) in [6, 6.07) is 5.75. The minimum Gasteiger partial charge on any atom is -0.496 e. The maximum atomic E-state index is 11.7. The fraction of sp³-hybridized carbons (Fsp3) is 0.231. The Labute approximate surface area is 105 Å². The maximum absolute atomic E-state index is 11.7. The molecule has 94 valence electrons. The van der Waals surface area contributed by atoms with Crippen molar-refractivity contribution in [2.24, 2.45) is 16.5 Å². The number of carbonyl (C=O) groups is 1. The quantitative estimate of drug-likeness (QED) is 0.596. The van der Waals surface area contributed by atoms with Crippen LogP contribution in [0.4, 0.5) is 0 Å². The molecule has 0 aromatic heterocycles. The lowest BCUT2D eigenvalue weighted by atomic mass is 9.91. The molecule has 0 atom stereocenters. The third-order valence-corrected chi connectivity index (χ3v) is 2.87. The summed E-state index contributed by atoms with van der Waals surface area (Å²) in [5.74, 6) is 0.262. The van der Waals surface area contributed by atoms with E-state index in [1.807, 2.05) is 24.3 Å². The number of nitrogens with two attached hydrogens (primary N) is 2. The molecule has 18 heavy (non-hydrogen) atoms. The number of hydrogen-bond donors (Lipinski definition) is 2.